The molecule has 0 saturated heterocycles. The van der Waals surface area contributed by atoms with Gasteiger partial charge in [-0.2, -0.15) is 17.2 Å². The van der Waals surface area contributed by atoms with Gasteiger partial charge in [-0.1, -0.05) is 37.6 Å². The van der Waals surface area contributed by atoms with Crippen LogP contribution >= 0.6 is 0 Å². The van der Waals surface area contributed by atoms with Gasteiger partial charge < -0.3 is 18.8 Å². The third-order valence-corrected chi connectivity index (χ3v) is 8.32. The number of methoxy groups -OCH3 is 2. The smallest absolute Gasteiger partial charge is 0.509 e. The Morgan fingerprint density at radius 1 is 0.787 bits per heavy atom. The van der Waals surface area contributed by atoms with Crippen LogP contribution in [-0.4, -0.2) is 33.6 Å². The van der Waals surface area contributed by atoms with Gasteiger partial charge in [0.15, 0.2) is 0 Å². The number of ether oxygens (including phenoxy) is 3. The van der Waals surface area contributed by atoms with E-state index in [1.165, 1.54) is 5.56 Å². The zero-order valence-corrected chi connectivity index (χ0v) is 29.3. The zero-order valence-electron chi connectivity index (χ0n) is 27.1. The number of rotatable bonds is 8. The summed E-state index contributed by atoms with van der Waals surface area (Å²) < 4.78 is 21.9. The van der Waals surface area contributed by atoms with Gasteiger partial charge in [-0.3, -0.25) is 4.68 Å². The molecule has 47 heavy (non-hydrogen) atoms. The predicted molar refractivity (Wildman–Crippen MR) is 182 cm³/mol. The third kappa shape index (κ3) is 5.81. The Balaban J connectivity index is 0.00000386. The van der Waals surface area contributed by atoms with Crippen molar-refractivity contribution in [2.75, 3.05) is 14.2 Å². The average Bonchev–Trinajstić information content (AvgIpc) is 3.68. The number of nitrogens with zero attached hydrogens (tertiary/aromatic N) is 4. The van der Waals surface area contributed by atoms with Crippen molar-refractivity contribution in [1.29, 1.82) is 0 Å². The Hall–Kier alpha value is -4.87. The van der Waals surface area contributed by atoms with Gasteiger partial charge in [0.1, 0.15) is 17.3 Å². The Morgan fingerprint density at radius 2 is 1.53 bits per heavy atom. The maximum absolute atomic E-state index is 6.37. The van der Waals surface area contributed by atoms with Crippen LogP contribution in [0.2, 0.25) is 0 Å². The van der Waals surface area contributed by atoms with Crippen LogP contribution in [-0.2, 0) is 21.1 Å². The third-order valence-electron chi connectivity index (χ3n) is 8.32. The Kier molecular flexibility index (Phi) is 8.94. The van der Waals surface area contributed by atoms with Gasteiger partial charge in [0.25, 0.3) is 0 Å². The Morgan fingerprint density at radius 3 is 2.28 bits per heavy atom. The monoisotopic (exact) mass is 801 g/mol. The van der Waals surface area contributed by atoms with Crippen molar-refractivity contribution < 1.29 is 35.3 Å². The number of aromatic nitrogens is 4. The second-order valence-electron chi connectivity index (χ2n) is 11.7. The molecule has 3 aromatic heterocycles. The van der Waals surface area contributed by atoms with E-state index in [0.717, 1.165) is 67.1 Å². The first-order chi connectivity index (χ1) is 22.4. The average molecular weight is 802 g/mol. The summed E-state index contributed by atoms with van der Waals surface area (Å²) >= 11 is 0. The molecule has 7 aromatic rings. The fourth-order valence-corrected chi connectivity index (χ4v) is 6.16. The number of pyridine rings is 1. The van der Waals surface area contributed by atoms with Gasteiger partial charge in [0, 0.05) is 35.0 Å². The maximum atomic E-state index is 6.37. The van der Waals surface area contributed by atoms with Crippen molar-refractivity contribution in [2.24, 2.45) is 0 Å². The second kappa shape index (κ2) is 13.1. The first-order valence-corrected chi connectivity index (χ1v) is 15.3. The first-order valence-electron chi connectivity index (χ1n) is 15.3. The van der Waals surface area contributed by atoms with E-state index in [1.54, 1.807) is 18.9 Å². The SMILES string of the molecule is COc1c(C)cc(C)c(OC)c1-c1cnn(-c2[c-]c(Oc3[c-]c4c(cc3)c3ccccc3n4-c3cc(C(C)C)ccn3)ccc2)c1.[Pt+2]. The minimum atomic E-state index is 0. The van der Waals surface area contributed by atoms with Crippen LogP contribution in [0.4, 0.5) is 0 Å². The number of benzene rings is 4. The molecule has 0 radical (unpaired) electrons. The van der Waals surface area contributed by atoms with Crippen molar-refractivity contribution >= 4 is 21.8 Å². The Bertz CT molecular complexity index is 2210. The molecule has 4 aromatic carbocycles. The summed E-state index contributed by atoms with van der Waals surface area (Å²) in [5.41, 5.74) is 7.73. The van der Waals surface area contributed by atoms with Crippen LogP contribution in [0.5, 0.6) is 23.0 Å². The van der Waals surface area contributed by atoms with E-state index in [-0.39, 0.29) is 21.1 Å². The van der Waals surface area contributed by atoms with E-state index in [4.69, 9.17) is 19.2 Å². The van der Waals surface area contributed by atoms with Crippen molar-refractivity contribution in [3.8, 4) is 45.6 Å². The Labute approximate surface area is 289 Å². The molecular weight excluding hydrogens is 768 g/mol. The fraction of sp³-hybridized carbons (Fsp3) is 0.179. The number of fused-ring (bicyclic) bond motifs is 3. The molecule has 238 valence electrons. The molecule has 0 amide bonds. The molecule has 0 unspecified atom stereocenters. The molecule has 0 spiro atoms. The van der Waals surface area contributed by atoms with Crippen molar-refractivity contribution in [3.63, 3.8) is 0 Å². The molecule has 0 aliphatic carbocycles. The molecule has 0 fully saturated rings. The van der Waals surface area contributed by atoms with E-state index in [1.807, 2.05) is 56.7 Å². The van der Waals surface area contributed by atoms with Gasteiger partial charge >= 0.3 is 21.1 Å². The molecule has 0 aliphatic heterocycles. The zero-order chi connectivity index (χ0) is 31.9. The fourth-order valence-electron chi connectivity index (χ4n) is 6.16. The topological polar surface area (TPSA) is 63.3 Å². The molecule has 0 N–H and O–H groups in total. The molecule has 0 atom stereocenters. The second-order valence-corrected chi connectivity index (χ2v) is 11.7. The quantitative estimate of drug-likeness (QED) is 0.144. The molecule has 7 rings (SSSR count). The molecule has 3 heterocycles. The van der Waals surface area contributed by atoms with Crippen LogP contribution in [0.25, 0.3) is 44.4 Å². The van der Waals surface area contributed by atoms with Gasteiger partial charge in [-0.25, -0.2) is 4.98 Å². The van der Waals surface area contributed by atoms with E-state index < -0.39 is 0 Å². The van der Waals surface area contributed by atoms with Gasteiger partial charge in [-0.15, -0.1) is 35.7 Å². The van der Waals surface area contributed by atoms with E-state index in [9.17, 15) is 0 Å². The first kappa shape index (κ1) is 32.1. The molecule has 0 saturated carbocycles. The van der Waals surface area contributed by atoms with Crippen LogP contribution < -0.4 is 14.2 Å². The molecular formula is C39H34N4O3Pt. The summed E-state index contributed by atoms with van der Waals surface area (Å²) in [6, 6.07) is 31.3. The van der Waals surface area contributed by atoms with Crippen molar-refractivity contribution in [3.05, 3.63) is 120 Å². The van der Waals surface area contributed by atoms with Crippen LogP contribution in [0.15, 0.2) is 91.4 Å². The number of aryl methyl sites for hydroxylation is 2. The summed E-state index contributed by atoms with van der Waals surface area (Å²) in [7, 11) is 3.35. The minimum absolute atomic E-state index is 0. The van der Waals surface area contributed by atoms with E-state index >= 15 is 0 Å². The minimum Gasteiger partial charge on any atom is -0.509 e. The number of hydrogen-bond donors (Lipinski definition) is 0. The van der Waals surface area contributed by atoms with E-state index in [2.05, 4.69) is 84.2 Å². The summed E-state index contributed by atoms with van der Waals surface area (Å²) in [6.07, 6.45) is 5.63. The molecule has 0 aliphatic rings. The normalized spacial score (nSPS) is 11.2. The van der Waals surface area contributed by atoms with Crippen LogP contribution in [0.3, 0.4) is 0 Å². The molecule has 7 nitrogen and oxygen atoms in total. The number of hydrogen-bond acceptors (Lipinski definition) is 5. The standard InChI is InChI=1S/C39H34N4O3.Pt/c1-24(2)27-16-17-40-36(19-27)43-34-13-8-7-12-32(34)33-15-14-31(21-35(33)43)46-30-11-9-10-29(20-30)42-23-28(22-41-42)37-38(44-5)25(3)18-26(4)39(37)45-6;/h7-19,22-24H,1-6H3;/q-2;+2. The van der Waals surface area contributed by atoms with Crippen LogP contribution in [0, 0.1) is 26.0 Å². The molecule has 0 bridgehead atoms. The summed E-state index contributed by atoms with van der Waals surface area (Å²) in [5, 5.41) is 6.87. The van der Waals surface area contributed by atoms with Crippen molar-refractivity contribution in [1.82, 2.24) is 19.3 Å². The summed E-state index contributed by atoms with van der Waals surface area (Å²) in [4.78, 5) is 4.75. The number of para-hydroxylation sites is 1. The molecule has 8 heteroatoms. The van der Waals surface area contributed by atoms with Gasteiger partial charge in [0.2, 0.25) is 0 Å². The van der Waals surface area contributed by atoms with Crippen LogP contribution in [0.1, 0.15) is 36.5 Å². The largest absolute Gasteiger partial charge is 2.00 e. The van der Waals surface area contributed by atoms with Crippen molar-refractivity contribution in [2.45, 2.75) is 33.6 Å². The summed E-state index contributed by atoms with van der Waals surface area (Å²) in [5.74, 6) is 3.89. The van der Waals surface area contributed by atoms with E-state index in [0.29, 0.717) is 17.4 Å². The van der Waals surface area contributed by atoms with Gasteiger partial charge in [-0.05, 0) is 71.8 Å². The maximum Gasteiger partial charge on any atom is 2.00 e. The predicted octanol–water partition coefficient (Wildman–Crippen LogP) is 9.18. The van der Waals surface area contributed by atoms with Gasteiger partial charge in [0.05, 0.1) is 26.0 Å². The summed E-state index contributed by atoms with van der Waals surface area (Å²) in [6.45, 7) is 8.44.